The number of H-pyrrole nitrogens is 1. The smallest absolute Gasteiger partial charge is 0.481 e. The van der Waals surface area contributed by atoms with Crippen molar-refractivity contribution in [3.05, 3.63) is 30.0 Å². The number of nitrogens with one attached hydrogen (secondary N) is 2. The molecule has 0 saturated heterocycles. The molecule has 6 nitrogen and oxygen atoms in total. The first-order valence-electron chi connectivity index (χ1n) is 6.55. The first kappa shape index (κ1) is 16.7. The molecule has 2 aromatic rings. The molecule has 1 aromatic heterocycles. The normalized spacial score (nSPS) is 12.9. The number of benzene rings is 1. The molecule has 3 N–H and O–H groups in total. The van der Waals surface area contributed by atoms with E-state index in [1.54, 1.807) is 0 Å². The number of carboxylic acid groups (broad SMARTS) is 1. The predicted octanol–water partition coefficient (Wildman–Crippen LogP) is 2.52. The lowest BCUT2D eigenvalue weighted by Gasteiger charge is -2.08. The summed E-state index contributed by atoms with van der Waals surface area (Å²) in [4.78, 5) is 25.3. The van der Waals surface area contributed by atoms with Crippen molar-refractivity contribution in [3.63, 3.8) is 0 Å². The van der Waals surface area contributed by atoms with Crippen molar-refractivity contribution in [1.29, 1.82) is 0 Å². The molecule has 9 heteroatoms. The summed E-state index contributed by atoms with van der Waals surface area (Å²) in [6.07, 6.45) is -4.80. The van der Waals surface area contributed by atoms with E-state index in [1.807, 2.05) is 0 Å². The van der Waals surface area contributed by atoms with Crippen molar-refractivity contribution < 1.29 is 32.6 Å². The van der Waals surface area contributed by atoms with Gasteiger partial charge in [-0.2, -0.15) is 0 Å². The molecule has 1 atom stereocenters. The second-order valence-electron chi connectivity index (χ2n) is 4.93. The second kappa shape index (κ2) is 6.19. The number of fused-ring (bicyclic) bond motifs is 1. The highest BCUT2D eigenvalue weighted by Crippen LogP contribution is 2.26. The number of alkyl halides is 3. The number of rotatable bonds is 5. The van der Waals surface area contributed by atoms with Crippen LogP contribution in [0.3, 0.4) is 0 Å². The molecule has 0 bridgehead atoms. The largest absolute Gasteiger partial charge is 0.573 e. The number of carbonyl (C=O) groups excluding carboxylic acids is 1. The third-order valence-electron chi connectivity index (χ3n) is 3.06. The van der Waals surface area contributed by atoms with E-state index in [9.17, 15) is 22.8 Å². The molecule has 124 valence electrons. The zero-order valence-corrected chi connectivity index (χ0v) is 11.9. The monoisotopic (exact) mass is 330 g/mol. The molecule has 0 aliphatic heterocycles. The van der Waals surface area contributed by atoms with Gasteiger partial charge < -0.3 is 20.1 Å². The van der Waals surface area contributed by atoms with Gasteiger partial charge in [-0.15, -0.1) is 13.2 Å². The average molecular weight is 330 g/mol. The van der Waals surface area contributed by atoms with Crippen molar-refractivity contribution in [3.8, 4) is 5.75 Å². The highest BCUT2D eigenvalue weighted by atomic mass is 19.4. The van der Waals surface area contributed by atoms with Crippen LogP contribution < -0.4 is 10.1 Å². The maximum atomic E-state index is 12.2. The number of aromatic nitrogens is 1. The number of aliphatic carboxylic acids is 1. The number of aromatic amines is 1. The Morgan fingerprint density at radius 2 is 2.04 bits per heavy atom. The lowest BCUT2D eigenvalue weighted by molar-refractivity contribution is -0.274. The van der Waals surface area contributed by atoms with Gasteiger partial charge in [0, 0.05) is 23.5 Å². The third kappa shape index (κ3) is 4.38. The fraction of sp³-hybridized carbons (Fsp3) is 0.286. The van der Waals surface area contributed by atoms with E-state index in [2.05, 4.69) is 15.0 Å². The Morgan fingerprint density at radius 3 is 2.65 bits per heavy atom. The van der Waals surface area contributed by atoms with Crippen molar-refractivity contribution in [1.82, 2.24) is 10.3 Å². The summed E-state index contributed by atoms with van der Waals surface area (Å²) in [5, 5.41) is 11.7. The van der Waals surface area contributed by atoms with Gasteiger partial charge in [0.1, 0.15) is 11.4 Å². The van der Waals surface area contributed by atoms with E-state index in [0.29, 0.717) is 10.9 Å². The van der Waals surface area contributed by atoms with E-state index in [-0.39, 0.29) is 12.2 Å². The van der Waals surface area contributed by atoms with Crippen molar-refractivity contribution in [2.45, 2.75) is 13.3 Å². The summed E-state index contributed by atoms with van der Waals surface area (Å²) >= 11 is 0. The zero-order chi connectivity index (χ0) is 17.2. The molecule has 0 radical (unpaired) electrons. The molecule has 0 spiro atoms. The minimum Gasteiger partial charge on any atom is -0.481 e. The lowest BCUT2D eigenvalue weighted by Crippen LogP contribution is -2.31. The fourth-order valence-corrected chi connectivity index (χ4v) is 1.85. The quantitative estimate of drug-likeness (QED) is 0.785. The number of amides is 1. The van der Waals surface area contributed by atoms with Crippen molar-refractivity contribution >= 4 is 22.8 Å². The van der Waals surface area contributed by atoms with Crippen LogP contribution in [0.15, 0.2) is 24.3 Å². The Bertz CT molecular complexity index is 739. The van der Waals surface area contributed by atoms with E-state index in [0.717, 1.165) is 12.1 Å². The Balaban J connectivity index is 2.13. The van der Waals surface area contributed by atoms with Gasteiger partial charge in [-0.1, -0.05) is 6.92 Å². The molecule has 2 rings (SSSR count). The van der Waals surface area contributed by atoms with Gasteiger partial charge >= 0.3 is 12.3 Å². The van der Waals surface area contributed by atoms with E-state index < -0.39 is 29.9 Å². The standard InChI is InChI=1S/C14H13F3N2O4/c1-7(13(21)22)6-18-12(20)11-4-8-2-3-9(5-10(8)19-11)23-14(15,16)17/h2-5,7,19H,6H2,1H3,(H,18,20)(H,21,22). The molecular formula is C14H13F3N2O4. The van der Waals surface area contributed by atoms with Gasteiger partial charge in [-0.3, -0.25) is 9.59 Å². The topological polar surface area (TPSA) is 91.4 Å². The SMILES string of the molecule is CC(CNC(=O)c1cc2ccc(OC(F)(F)F)cc2[nH]1)C(=O)O. The number of carboxylic acids is 1. The highest BCUT2D eigenvalue weighted by molar-refractivity contribution is 5.98. The predicted molar refractivity (Wildman–Crippen MR) is 74.1 cm³/mol. The van der Waals surface area contributed by atoms with Gasteiger partial charge in [0.05, 0.1) is 5.92 Å². The maximum Gasteiger partial charge on any atom is 0.573 e. The first-order valence-corrected chi connectivity index (χ1v) is 6.55. The summed E-state index contributed by atoms with van der Waals surface area (Å²) in [5.74, 6) is -2.75. The minimum absolute atomic E-state index is 0.0635. The highest BCUT2D eigenvalue weighted by Gasteiger charge is 2.31. The molecule has 1 aromatic carbocycles. The summed E-state index contributed by atoms with van der Waals surface area (Å²) < 4.78 is 40.3. The van der Waals surface area contributed by atoms with Gasteiger partial charge in [0.2, 0.25) is 0 Å². The minimum atomic E-state index is -4.80. The molecule has 1 unspecified atom stereocenters. The summed E-state index contributed by atoms with van der Waals surface area (Å²) in [6, 6.07) is 5.09. The van der Waals surface area contributed by atoms with Crippen LogP contribution in [0.4, 0.5) is 13.2 Å². The van der Waals surface area contributed by atoms with E-state index in [4.69, 9.17) is 5.11 Å². The van der Waals surface area contributed by atoms with Crippen LogP contribution in [0.1, 0.15) is 17.4 Å². The van der Waals surface area contributed by atoms with Crippen LogP contribution in [-0.4, -0.2) is 34.9 Å². The number of hydrogen-bond acceptors (Lipinski definition) is 3. The molecule has 23 heavy (non-hydrogen) atoms. The van der Waals surface area contributed by atoms with Gasteiger partial charge in [0.25, 0.3) is 5.91 Å². The molecule has 0 saturated carbocycles. The first-order chi connectivity index (χ1) is 10.7. The van der Waals surface area contributed by atoms with Crippen LogP contribution in [0, 0.1) is 5.92 Å². The van der Waals surface area contributed by atoms with E-state index in [1.165, 1.54) is 19.1 Å². The second-order valence-corrected chi connectivity index (χ2v) is 4.93. The maximum absolute atomic E-state index is 12.2. The van der Waals surface area contributed by atoms with Crippen LogP contribution in [0.2, 0.25) is 0 Å². The van der Waals surface area contributed by atoms with Crippen molar-refractivity contribution in [2.75, 3.05) is 6.54 Å². The number of carbonyl (C=O) groups is 2. The number of ether oxygens (including phenoxy) is 1. The van der Waals surface area contributed by atoms with Gasteiger partial charge in [-0.25, -0.2) is 0 Å². The molecule has 1 amide bonds. The van der Waals surface area contributed by atoms with Crippen molar-refractivity contribution in [2.24, 2.45) is 5.92 Å². The molecule has 0 aliphatic rings. The Kier molecular flexibility index (Phi) is 4.48. The number of hydrogen-bond donors (Lipinski definition) is 3. The third-order valence-corrected chi connectivity index (χ3v) is 3.06. The molecule has 1 heterocycles. The lowest BCUT2D eigenvalue weighted by atomic mass is 10.2. The van der Waals surface area contributed by atoms with Gasteiger partial charge in [-0.05, 0) is 18.2 Å². The summed E-state index contributed by atoms with van der Waals surface area (Å²) in [6.45, 7) is 1.38. The van der Waals surface area contributed by atoms with Gasteiger partial charge in [0.15, 0.2) is 0 Å². The van der Waals surface area contributed by atoms with Crippen LogP contribution in [-0.2, 0) is 4.79 Å². The van der Waals surface area contributed by atoms with E-state index >= 15 is 0 Å². The van der Waals surface area contributed by atoms with Crippen LogP contribution in [0.25, 0.3) is 10.9 Å². The Hall–Kier alpha value is -2.71. The zero-order valence-electron chi connectivity index (χ0n) is 11.9. The summed E-state index contributed by atoms with van der Waals surface area (Å²) in [5.41, 5.74) is 0.407. The molecule has 0 aliphatic carbocycles. The Morgan fingerprint density at radius 1 is 1.35 bits per heavy atom. The molecular weight excluding hydrogens is 317 g/mol. The number of halogens is 3. The molecule has 0 fully saturated rings. The Labute approximate surface area is 128 Å². The van der Waals surface area contributed by atoms with Crippen LogP contribution in [0.5, 0.6) is 5.75 Å². The summed E-state index contributed by atoms with van der Waals surface area (Å²) in [7, 11) is 0. The average Bonchev–Trinajstić information content (AvgIpc) is 2.85. The fourth-order valence-electron chi connectivity index (χ4n) is 1.85. The van der Waals surface area contributed by atoms with Crippen LogP contribution >= 0.6 is 0 Å².